The molecule has 0 aromatic heterocycles. The molecule has 1 aliphatic carbocycles. The normalized spacial score (nSPS) is 14.1. The summed E-state index contributed by atoms with van der Waals surface area (Å²) in [6, 6.07) is 22.4. The van der Waals surface area contributed by atoms with E-state index in [2.05, 4.69) is 5.32 Å². The van der Waals surface area contributed by atoms with Crippen molar-refractivity contribution in [1.29, 1.82) is 0 Å². The molecule has 5 nitrogen and oxygen atoms in total. The van der Waals surface area contributed by atoms with Crippen LogP contribution in [-0.4, -0.2) is 35.4 Å². The molecule has 1 aliphatic rings. The van der Waals surface area contributed by atoms with Gasteiger partial charge in [0.05, 0.1) is 6.61 Å². The molecule has 2 amide bonds. The molecular weight excluding hydrogens is 531 g/mol. The lowest BCUT2D eigenvalue weighted by Gasteiger charge is -2.33. The van der Waals surface area contributed by atoms with Gasteiger partial charge in [0.2, 0.25) is 11.8 Å². The number of amides is 2. The molecule has 0 heterocycles. The quantitative estimate of drug-likeness (QED) is 0.236. The number of nitrogens with one attached hydrogen (secondary N) is 1. The van der Waals surface area contributed by atoms with Gasteiger partial charge in [-0.2, -0.15) is 0 Å². The lowest BCUT2D eigenvalue weighted by Crippen LogP contribution is -2.52. The maximum absolute atomic E-state index is 13.8. The van der Waals surface area contributed by atoms with E-state index in [1.54, 1.807) is 23.1 Å². The standard InChI is InChI=1S/C32H36Cl2N2O3/c1-23-16-18-26(19-17-23)39-20-8-15-31(37)36(22-27-28(33)13-7-14-29(27)34)30(21-24-9-3-2-4-10-24)32(38)35-25-11-5-6-12-25/h2-4,7,9-10,13-14,16-19,25,30H,5-6,8,11-12,15,20-22H2,1H3,(H,35,38)/t30-/m1/s1. The maximum Gasteiger partial charge on any atom is 0.243 e. The molecule has 1 fully saturated rings. The summed E-state index contributed by atoms with van der Waals surface area (Å²) in [4.78, 5) is 29.2. The zero-order valence-electron chi connectivity index (χ0n) is 22.4. The van der Waals surface area contributed by atoms with Crippen LogP contribution in [-0.2, 0) is 22.6 Å². The number of rotatable bonds is 12. The van der Waals surface area contributed by atoms with Gasteiger partial charge in [0.1, 0.15) is 11.8 Å². The fourth-order valence-electron chi connectivity index (χ4n) is 4.97. The minimum atomic E-state index is -0.703. The Morgan fingerprint density at radius 1 is 0.949 bits per heavy atom. The largest absolute Gasteiger partial charge is 0.494 e. The molecule has 3 aromatic rings. The van der Waals surface area contributed by atoms with Crippen LogP contribution in [0.3, 0.4) is 0 Å². The van der Waals surface area contributed by atoms with Crippen LogP contribution in [0.1, 0.15) is 55.2 Å². The molecule has 4 rings (SSSR count). The fourth-order valence-corrected chi connectivity index (χ4v) is 5.48. The molecule has 0 saturated heterocycles. The topological polar surface area (TPSA) is 58.6 Å². The van der Waals surface area contributed by atoms with Crippen LogP contribution in [0.4, 0.5) is 0 Å². The Morgan fingerprint density at radius 2 is 1.62 bits per heavy atom. The Hall–Kier alpha value is -3.02. The summed E-state index contributed by atoms with van der Waals surface area (Å²) in [5.41, 5.74) is 2.78. The molecule has 0 radical (unpaired) electrons. The second kappa shape index (κ2) is 14.4. The molecule has 39 heavy (non-hydrogen) atoms. The van der Waals surface area contributed by atoms with Crippen LogP contribution in [0.15, 0.2) is 72.8 Å². The molecule has 1 atom stereocenters. The number of ether oxygens (including phenoxy) is 1. The Balaban J connectivity index is 1.55. The molecule has 3 aromatic carbocycles. The molecule has 1 saturated carbocycles. The Kier molecular flexibility index (Phi) is 10.7. The van der Waals surface area contributed by atoms with E-state index in [1.165, 1.54) is 0 Å². The minimum absolute atomic E-state index is 0.138. The first-order valence-corrected chi connectivity index (χ1v) is 14.4. The summed E-state index contributed by atoms with van der Waals surface area (Å²) in [5.74, 6) is 0.491. The van der Waals surface area contributed by atoms with Gasteiger partial charge in [-0.1, -0.05) is 90.1 Å². The fraction of sp³-hybridized carbons (Fsp3) is 0.375. The molecule has 0 unspecified atom stereocenters. The molecule has 0 spiro atoms. The molecule has 0 aliphatic heterocycles. The first-order chi connectivity index (χ1) is 18.9. The van der Waals surface area contributed by atoms with Crippen LogP contribution in [0.2, 0.25) is 10.0 Å². The van der Waals surface area contributed by atoms with Gasteiger partial charge in [0.15, 0.2) is 0 Å². The summed E-state index contributed by atoms with van der Waals surface area (Å²) >= 11 is 13.0. The second-order valence-electron chi connectivity index (χ2n) is 10.2. The van der Waals surface area contributed by atoms with Gasteiger partial charge < -0.3 is 15.0 Å². The number of nitrogens with zero attached hydrogens (tertiary/aromatic N) is 1. The third kappa shape index (κ3) is 8.48. The van der Waals surface area contributed by atoms with E-state index in [0.29, 0.717) is 35.1 Å². The number of hydrogen-bond donors (Lipinski definition) is 1. The van der Waals surface area contributed by atoms with Crippen molar-refractivity contribution in [1.82, 2.24) is 10.2 Å². The maximum atomic E-state index is 13.8. The number of benzene rings is 3. The summed E-state index contributed by atoms with van der Waals surface area (Å²) in [5, 5.41) is 4.16. The number of carbonyl (C=O) groups is 2. The first-order valence-electron chi connectivity index (χ1n) is 13.7. The highest BCUT2D eigenvalue weighted by Gasteiger charge is 2.32. The smallest absolute Gasteiger partial charge is 0.243 e. The number of halogens is 2. The monoisotopic (exact) mass is 566 g/mol. The van der Waals surface area contributed by atoms with Gasteiger partial charge in [-0.3, -0.25) is 9.59 Å². The number of carbonyl (C=O) groups excluding carboxylic acids is 2. The molecule has 206 valence electrons. The summed E-state index contributed by atoms with van der Waals surface area (Å²) in [6.07, 6.45) is 5.28. The van der Waals surface area contributed by atoms with Crippen molar-refractivity contribution in [2.45, 2.75) is 70.5 Å². The van der Waals surface area contributed by atoms with Crippen molar-refractivity contribution in [2.75, 3.05) is 6.61 Å². The summed E-state index contributed by atoms with van der Waals surface area (Å²) < 4.78 is 5.85. The van der Waals surface area contributed by atoms with Crippen molar-refractivity contribution in [3.05, 3.63) is 99.5 Å². The van der Waals surface area contributed by atoms with Crippen LogP contribution < -0.4 is 10.1 Å². The number of aryl methyl sites for hydroxylation is 1. The van der Waals surface area contributed by atoms with E-state index in [0.717, 1.165) is 42.6 Å². The Morgan fingerprint density at radius 3 is 2.28 bits per heavy atom. The average Bonchev–Trinajstić information content (AvgIpc) is 3.44. The Bertz CT molecular complexity index is 1210. The SMILES string of the molecule is Cc1ccc(OCCCC(=O)N(Cc2c(Cl)cccc2Cl)[C@H](Cc2ccccc2)C(=O)NC2CCCC2)cc1. The third-order valence-corrected chi connectivity index (χ3v) is 7.90. The van der Waals surface area contributed by atoms with E-state index >= 15 is 0 Å². The molecule has 7 heteroatoms. The highest BCUT2D eigenvalue weighted by molar-refractivity contribution is 6.36. The van der Waals surface area contributed by atoms with Crippen LogP contribution in [0.25, 0.3) is 0 Å². The first kappa shape index (κ1) is 29.0. The van der Waals surface area contributed by atoms with E-state index in [1.807, 2.05) is 61.5 Å². The van der Waals surface area contributed by atoms with E-state index in [9.17, 15) is 9.59 Å². The van der Waals surface area contributed by atoms with Gasteiger partial charge in [-0.15, -0.1) is 0 Å². The van der Waals surface area contributed by atoms with Gasteiger partial charge in [-0.25, -0.2) is 0 Å². The predicted octanol–water partition coefficient (Wildman–Crippen LogP) is 7.16. The summed E-state index contributed by atoms with van der Waals surface area (Å²) in [7, 11) is 0. The van der Waals surface area contributed by atoms with E-state index in [-0.39, 0.29) is 30.8 Å². The van der Waals surface area contributed by atoms with Crippen molar-refractivity contribution in [3.63, 3.8) is 0 Å². The van der Waals surface area contributed by atoms with Crippen LogP contribution >= 0.6 is 23.2 Å². The highest BCUT2D eigenvalue weighted by atomic mass is 35.5. The molecule has 0 bridgehead atoms. The third-order valence-electron chi connectivity index (χ3n) is 7.19. The van der Waals surface area contributed by atoms with Gasteiger partial charge in [-0.05, 0) is 56.0 Å². The lowest BCUT2D eigenvalue weighted by atomic mass is 10.0. The molecule has 1 N–H and O–H groups in total. The van der Waals surface area contributed by atoms with Crippen LogP contribution in [0.5, 0.6) is 5.75 Å². The zero-order valence-corrected chi connectivity index (χ0v) is 23.9. The van der Waals surface area contributed by atoms with Crippen molar-refractivity contribution in [2.24, 2.45) is 0 Å². The summed E-state index contributed by atoms with van der Waals surface area (Å²) in [6.45, 7) is 2.57. The van der Waals surface area contributed by atoms with Crippen LogP contribution in [0, 0.1) is 6.92 Å². The zero-order chi connectivity index (χ0) is 27.6. The van der Waals surface area contributed by atoms with E-state index in [4.69, 9.17) is 27.9 Å². The van der Waals surface area contributed by atoms with Crippen molar-refractivity contribution >= 4 is 35.0 Å². The van der Waals surface area contributed by atoms with Gasteiger partial charge in [0.25, 0.3) is 0 Å². The molecular formula is C32H36Cl2N2O3. The number of hydrogen-bond acceptors (Lipinski definition) is 3. The van der Waals surface area contributed by atoms with Crippen molar-refractivity contribution in [3.8, 4) is 5.75 Å². The lowest BCUT2D eigenvalue weighted by molar-refractivity contribution is -0.141. The Labute approximate surface area is 241 Å². The minimum Gasteiger partial charge on any atom is -0.494 e. The van der Waals surface area contributed by atoms with Gasteiger partial charge >= 0.3 is 0 Å². The highest BCUT2D eigenvalue weighted by Crippen LogP contribution is 2.28. The average molecular weight is 568 g/mol. The second-order valence-corrected chi connectivity index (χ2v) is 11.0. The van der Waals surface area contributed by atoms with Crippen molar-refractivity contribution < 1.29 is 14.3 Å². The van der Waals surface area contributed by atoms with Gasteiger partial charge in [0, 0.05) is 41.0 Å². The predicted molar refractivity (Wildman–Crippen MR) is 157 cm³/mol. The van der Waals surface area contributed by atoms with E-state index < -0.39 is 6.04 Å².